The molecule has 2 heterocycles. The van der Waals surface area contributed by atoms with Crippen molar-refractivity contribution in [2.75, 3.05) is 26.2 Å². The summed E-state index contributed by atoms with van der Waals surface area (Å²) in [4.78, 5) is 15.2. The summed E-state index contributed by atoms with van der Waals surface area (Å²) in [5.41, 5.74) is 3.78. The van der Waals surface area contributed by atoms with Gasteiger partial charge >= 0.3 is 0 Å². The van der Waals surface area contributed by atoms with E-state index in [1.165, 1.54) is 35.3 Å². The van der Waals surface area contributed by atoms with Gasteiger partial charge in [-0.05, 0) is 24.6 Å². The van der Waals surface area contributed by atoms with Crippen molar-refractivity contribution < 1.29 is 9.80 Å². The average Bonchev–Trinajstić information content (AvgIpc) is 2.67. The van der Waals surface area contributed by atoms with Gasteiger partial charge in [0.2, 0.25) is 5.43 Å². The molecule has 134 valence electrons. The molecule has 0 aliphatic carbocycles. The molecule has 1 aliphatic rings. The van der Waals surface area contributed by atoms with Gasteiger partial charge in [0.05, 0.1) is 11.7 Å². The highest BCUT2D eigenvalue weighted by atomic mass is 16.1. The lowest BCUT2D eigenvalue weighted by Crippen LogP contribution is -3.27. The Bertz CT molecular complexity index is 957. The molecule has 26 heavy (non-hydrogen) atoms. The number of benzene rings is 2. The first-order chi connectivity index (χ1) is 12.7. The summed E-state index contributed by atoms with van der Waals surface area (Å²) in [6.07, 6.45) is 1.45. The van der Waals surface area contributed by atoms with Crippen LogP contribution in [0, 0.1) is 6.92 Å². The lowest BCUT2D eigenvalue weighted by Gasteiger charge is -2.30. The van der Waals surface area contributed by atoms with Crippen LogP contribution in [0.5, 0.6) is 0 Å². The van der Waals surface area contributed by atoms with E-state index in [0.29, 0.717) is 0 Å². The molecule has 0 bridgehead atoms. The Morgan fingerprint density at radius 3 is 2.46 bits per heavy atom. The minimum absolute atomic E-state index is 0.000607. The van der Waals surface area contributed by atoms with Gasteiger partial charge in [-0.15, -0.1) is 0 Å². The first kappa shape index (κ1) is 16.9. The maximum absolute atomic E-state index is 12.0. The Hall–Kier alpha value is -2.50. The predicted octanol–water partition coefficient (Wildman–Crippen LogP) is -0.354. The third-order valence-corrected chi connectivity index (χ3v) is 5.50. The molecule has 0 saturated carbocycles. The Labute approximate surface area is 153 Å². The number of nitrogens with zero attached hydrogens (tertiary/aromatic N) is 2. The smallest absolute Gasteiger partial charge is 0.207 e. The van der Waals surface area contributed by atoms with Crippen LogP contribution in [0.3, 0.4) is 0 Å². The van der Waals surface area contributed by atoms with Crippen LogP contribution < -0.4 is 15.2 Å². The van der Waals surface area contributed by atoms with Crippen molar-refractivity contribution in [3.63, 3.8) is 0 Å². The number of rotatable bonds is 4. The zero-order valence-corrected chi connectivity index (χ0v) is 15.2. The molecule has 0 amide bonds. The summed E-state index contributed by atoms with van der Waals surface area (Å²) in [6.45, 7) is 8.72. The van der Waals surface area contributed by atoms with Crippen LogP contribution in [0.1, 0.15) is 11.1 Å². The second-order valence-electron chi connectivity index (χ2n) is 7.29. The number of para-hydroxylation sites is 1. The second-order valence-corrected chi connectivity index (χ2v) is 7.29. The number of aromatic nitrogens is 2. The molecule has 5 heteroatoms. The van der Waals surface area contributed by atoms with E-state index < -0.39 is 0 Å². The van der Waals surface area contributed by atoms with Crippen molar-refractivity contribution in [2.24, 2.45) is 0 Å². The number of piperazine rings is 1. The molecule has 1 saturated heterocycles. The fourth-order valence-corrected chi connectivity index (χ4v) is 3.87. The van der Waals surface area contributed by atoms with E-state index in [1.54, 1.807) is 4.90 Å². The fourth-order valence-electron chi connectivity index (χ4n) is 3.87. The molecule has 2 N–H and O–H groups in total. The Morgan fingerprint density at radius 1 is 0.962 bits per heavy atom. The van der Waals surface area contributed by atoms with E-state index in [9.17, 15) is 4.79 Å². The van der Waals surface area contributed by atoms with Crippen LogP contribution in [0.15, 0.2) is 59.5 Å². The molecule has 0 atom stereocenters. The average molecular weight is 350 g/mol. The number of hydrogen-bond donors (Lipinski definition) is 2. The number of quaternary nitrogens is 2. The molecule has 1 aromatic heterocycles. The van der Waals surface area contributed by atoms with Crippen molar-refractivity contribution in [1.29, 1.82) is 0 Å². The summed E-state index contributed by atoms with van der Waals surface area (Å²) in [6, 6.07) is 16.4. The first-order valence-electron chi connectivity index (χ1n) is 9.37. The topological polar surface area (TPSA) is 43.8 Å². The minimum atomic E-state index is -0.000607. The zero-order chi connectivity index (χ0) is 17.9. The molecule has 2 aromatic carbocycles. The molecule has 0 unspecified atom stereocenters. The van der Waals surface area contributed by atoms with Crippen molar-refractivity contribution in [3.05, 3.63) is 76.1 Å². The molecule has 1 fully saturated rings. The summed E-state index contributed by atoms with van der Waals surface area (Å²) in [5.74, 6) is 0. The lowest BCUT2D eigenvalue weighted by molar-refractivity contribution is -1.03. The largest absolute Gasteiger partial charge is 0.322 e. The molecule has 5 nitrogen and oxygen atoms in total. The van der Waals surface area contributed by atoms with Crippen molar-refractivity contribution >= 4 is 10.9 Å². The van der Waals surface area contributed by atoms with E-state index in [0.717, 1.165) is 37.2 Å². The van der Waals surface area contributed by atoms with Gasteiger partial charge in [-0.25, -0.2) is 4.68 Å². The zero-order valence-electron chi connectivity index (χ0n) is 15.2. The van der Waals surface area contributed by atoms with Crippen LogP contribution in [0.4, 0.5) is 0 Å². The van der Waals surface area contributed by atoms with Gasteiger partial charge in [-0.3, -0.25) is 4.79 Å². The van der Waals surface area contributed by atoms with Crippen molar-refractivity contribution in [2.45, 2.75) is 20.1 Å². The van der Waals surface area contributed by atoms with E-state index >= 15 is 0 Å². The predicted molar refractivity (Wildman–Crippen MR) is 102 cm³/mol. The second kappa shape index (κ2) is 7.40. The third kappa shape index (κ3) is 3.54. The molecule has 0 spiro atoms. The van der Waals surface area contributed by atoms with Gasteiger partial charge in [-0.1, -0.05) is 36.4 Å². The van der Waals surface area contributed by atoms with Crippen molar-refractivity contribution in [1.82, 2.24) is 9.78 Å². The van der Waals surface area contributed by atoms with E-state index in [4.69, 9.17) is 0 Å². The number of fused-ring (bicyclic) bond motifs is 1. The van der Waals surface area contributed by atoms with Gasteiger partial charge in [0.25, 0.3) is 0 Å². The normalized spacial score (nSPS) is 20.3. The summed E-state index contributed by atoms with van der Waals surface area (Å²) >= 11 is 0. The third-order valence-electron chi connectivity index (χ3n) is 5.50. The van der Waals surface area contributed by atoms with E-state index in [2.05, 4.69) is 36.3 Å². The van der Waals surface area contributed by atoms with E-state index in [-0.39, 0.29) is 5.43 Å². The standard InChI is InChI=1S/C21H24N4O/c1-17-6-2-3-7-18(17)15-23-10-12-24(13-11-23)16-25-20-9-5-4-8-19(20)21(26)14-22-25/h2-9,14H,10-13,15-16H2,1H3/p+2. The van der Waals surface area contributed by atoms with Crippen LogP contribution in [0.2, 0.25) is 0 Å². The van der Waals surface area contributed by atoms with Crippen LogP contribution in [-0.2, 0) is 13.2 Å². The highest BCUT2D eigenvalue weighted by Gasteiger charge is 2.24. The lowest BCUT2D eigenvalue weighted by atomic mass is 10.1. The Morgan fingerprint density at radius 2 is 1.65 bits per heavy atom. The first-order valence-corrected chi connectivity index (χ1v) is 9.37. The Kier molecular flexibility index (Phi) is 4.82. The monoisotopic (exact) mass is 350 g/mol. The molecule has 3 aromatic rings. The summed E-state index contributed by atoms with van der Waals surface area (Å²) < 4.78 is 1.98. The number of nitrogens with one attached hydrogen (secondary N) is 2. The van der Waals surface area contributed by atoms with Crippen LogP contribution in [0.25, 0.3) is 10.9 Å². The molecule has 1 aliphatic heterocycles. The SMILES string of the molecule is Cc1ccccc1C[NH+]1CC[NH+](Cn2ncc(=O)c3ccccc32)CC1. The molecular weight excluding hydrogens is 324 g/mol. The van der Waals surface area contributed by atoms with Gasteiger partial charge in [0.1, 0.15) is 32.7 Å². The van der Waals surface area contributed by atoms with Crippen LogP contribution >= 0.6 is 0 Å². The Balaban J connectivity index is 1.41. The summed E-state index contributed by atoms with van der Waals surface area (Å²) in [7, 11) is 0. The van der Waals surface area contributed by atoms with Crippen molar-refractivity contribution in [3.8, 4) is 0 Å². The van der Waals surface area contributed by atoms with Gasteiger partial charge in [-0.2, -0.15) is 5.10 Å². The van der Waals surface area contributed by atoms with Gasteiger partial charge in [0.15, 0.2) is 6.67 Å². The minimum Gasteiger partial charge on any atom is -0.322 e. The quantitative estimate of drug-likeness (QED) is 0.675. The van der Waals surface area contributed by atoms with Crippen LogP contribution in [-0.4, -0.2) is 36.0 Å². The molecule has 0 radical (unpaired) electrons. The highest BCUT2D eigenvalue weighted by Crippen LogP contribution is 2.06. The fraction of sp³-hybridized carbons (Fsp3) is 0.333. The maximum atomic E-state index is 12.0. The van der Waals surface area contributed by atoms with Gasteiger partial charge in [0, 0.05) is 10.9 Å². The highest BCUT2D eigenvalue weighted by molar-refractivity contribution is 5.77. The summed E-state index contributed by atoms with van der Waals surface area (Å²) in [5, 5.41) is 5.13. The maximum Gasteiger partial charge on any atom is 0.207 e. The van der Waals surface area contributed by atoms with Gasteiger partial charge < -0.3 is 9.80 Å². The molecular formula is C21H26N4O+2. The number of hydrogen-bond acceptors (Lipinski definition) is 2. The molecule has 4 rings (SSSR count). The van der Waals surface area contributed by atoms with E-state index in [1.807, 2.05) is 28.9 Å². The number of aryl methyl sites for hydroxylation is 1.